The van der Waals surface area contributed by atoms with E-state index in [0.29, 0.717) is 5.88 Å². The maximum Gasteiger partial charge on any atom is 0.0520 e. The van der Waals surface area contributed by atoms with Crippen LogP contribution >= 0.6 is 11.6 Å². The summed E-state index contributed by atoms with van der Waals surface area (Å²) in [4.78, 5) is 2.06. The maximum atomic E-state index is 5.56. The second kappa shape index (κ2) is 5.57. The van der Waals surface area contributed by atoms with Crippen LogP contribution in [0.25, 0.3) is 0 Å². The summed E-state index contributed by atoms with van der Waals surface area (Å²) < 4.78 is 0. The van der Waals surface area contributed by atoms with Gasteiger partial charge < -0.3 is 4.90 Å². The summed E-state index contributed by atoms with van der Waals surface area (Å²) in [6.07, 6.45) is 0.739. The average Bonchev–Trinajstić information content (AvgIpc) is 2.19. The van der Waals surface area contributed by atoms with Crippen molar-refractivity contribution in [1.82, 2.24) is 0 Å². The molecule has 1 rings (SSSR count). The van der Waals surface area contributed by atoms with Crippen LogP contribution < -0.4 is 4.90 Å². The quantitative estimate of drug-likeness (QED) is 0.533. The molecule has 0 aliphatic rings. The Morgan fingerprint density at radius 2 is 2.00 bits per heavy atom. The molecule has 0 saturated carbocycles. The molecule has 0 aromatic heterocycles. The largest absolute Gasteiger partial charge is 0.377 e. The van der Waals surface area contributed by atoms with Gasteiger partial charge in [0.1, 0.15) is 0 Å². The van der Waals surface area contributed by atoms with E-state index in [0.717, 1.165) is 17.7 Å². The highest BCUT2D eigenvalue weighted by molar-refractivity contribution is 6.18. The van der Waals surface area contributed by atoms with Crippen LogP contribution in [0.5, 0.6) is 0 Å². The fourth-order valence-corrected chi connectivity index (χ4v) is 1.27. The third-order valence-corrected chi connectivity index (χ3v) is 2.02. The van der Waals surface area contributed by atoms with Gasteiger partial charge in [0.2, 0.25) is 0 Å². The van der Waals surface area contributed by atoms with E-state index in [1.807, 2.05) is 32.3 Å². The number of halogens is 1. The molecule has 1 aromatic rings. The lowest BCUT2D eigenvalue weighted by atomic mass is 10.1. The van der Waals surface area contributed by atoms with Gasteiger partial charge in [0.15, 0.2) is 0 Å². The van der Waals surface area contributed by atoms with Gasteiger partial charge in [-0.1, -0.05) is 24.0 Å². The van der Waals surface area contributed by atoms with Gasteiger partial charge in [-0.15, -0.1) is 11.6 Å². The summed E-state index contributed by atoms with van der Waals surface area (Å²) in [5.74, 6) is 6.75. The first kappa shape index (κ1) is 10.9. The number of alkyl halides is 1. The molecule has 0 radical (unpaired) electrons. The van der Waals surface area contributed by atoms with Crippen molar-refractivity contribution >= 4 is 17.3 Å². The number of nitrogens with zero attached hydrogens (tertiary/aromatic N) is 1. The van der Waals surface area contributed by atoms with Crippen molar-refractivity contribution in [3.05, 3.63) is 29.8 Å². The van der Waals surface area contributed by atoms with E-state index in [-0.39, 0.29) is 0 Å². The monoisotopic (exact) mass is 207 g/mol. The lowest BCUT2D eigenvalue weighted by Crippen LogP contribution is -2.09. The lowest BCUT2D eigenvalue weighted by molar-refractivity contribution is 1.13. The van der Waals surface area contributed by atoms with E-state index in [1.54, 1.807) is 0 Å². The Labute approximate surface area is 90.7 Å². The van der Waals surface area contributed by atoms with Gasteiger partial charge in [0.25, 0.3) is 0 Å². The van der Waals surface area contributed by atoms with Gasteiger partial charge in [-0.25, -0.2) is 0 Å². The summed E-state index contributed by atoms with van der Waals surface area (Å²) in [7, 11) is 4.03. The molecule has 1 aromatic carbocycles. The SMILES string of the molecule is CN(C)c1ccccc1C#CCCCl. The second-order valence-electron chi connectivity index (χ2n) is 3.15. The minimum atomic E-state index is 0.594. The topological polar surface area (TPSA) is 3.24 Å². The number of anilines is 1. The van der Waals surface area contributed by atoms with Crippen molar-refractivity contribution in [2.24, 2.45) is 0 Å². The highest BCUT2D eigenvalue weighted by Crippen LogP contribution is 2.16. The summed E-state index contributed by atoms with van der Waals surface area (Å²) in [6.45, 7) is 0. The molecule has 0 bridgehead atoms. The molecule has 74 valence electrons. The highest BCUT2D eigenvalue weighted by Gasteiger charge is 1.98. The molecular formula is C12H14ClN. The zero-order chi connectivity index (χ0) is 10.4. The first-order chi connectivity index (χ1) is 6.75. The average molecular weight is 208 g/mol. The zero-order valence-electron chi connectivity index (χ0n) is 8.55. The van der Waals surface area contributed by atoms with Crippen LogP contribution in [0.2, 0.25) is 0 Å². The molecule has 0 unspecified atom stereocenters. The molecule has 0 fully saturated rings. The molecule has 0 aliphatic carbocycles. The van der Waals surface area contributed by atoms with Gasteiger partial charge in [-0.3, -0.25) is 0 Å². The van der Waals surface area contributed by atoms with Crippen molar-refractivity contribution in [1.29, 1.82) is 0 Å². The van der Waals surface area contributed by atoms with Gasteiger partial charge in [0.05, 0.1) is 5.69 Å². The number of benzene rings is 1. The van der Waals surface area contributed by atoms with Crippen LogP contribution in [0.3, 0.4) is 0 Å². The lowest BCUT2D eigenvalue weighted by Gasteiger charge is -2.13. The third kappa shape index (κ3) is 2.97. The second-order valence-corrected chi connectivity index (χ2v) is 3.53. The standard InChI is InChI=1S/C12H14ClN/c1-14(2)12-9-4-3-7-11(12)8-5-6-10-13/h3-4,7,9H,6,10H2,1-2H3. The fraction of sp³-hybridized carbons (Fsp3) is 0.333. The van der Waals surface area contributed by atoms with E-state index in [1.165, 1.54) is 0 Å². The van der Waals surface area contributed by atoms with Crippen molar-refractivity contribution in [3.8, 4) is 11.8 Å². The van der Waals surface area contributed by atoms with E-state index < -0.39 is 0 Å². The van der Waals surface area contributed by atoms with Crippen molar-refractivity contribution in [3.63, 3.8) is 0 Å². The van der Waals surface area contributed by atoms with E-state index in [2.05, 4.69) is 22.8 Å². The zero-order valence-corrected chi connectivity index (χ0v) is 9.30. The fourth-order valence-electron chi connectivity index (χ4n) is 1.17. The molecule has 2 heteroatoms. The molecule has 0 amide bonds. The molecule has 0 aliphatic heterocycles. The van der Waals surface area contributed by atoms with Gasteiger partial charge in [-0.05, 0) is 12.1 Å². The van der Waals surface area contributed by atoms with Crippen LogP contribution in [0, 0.1) is 11.8 Å². The van der Waals surface area contributed by atoms with E-state index >= 15 is 0 Å². The molecule has 0 N–H and O–H groups in total. The smallest absolute Gasteiger partial charge is 0.0520 e. The maximum absolute atomic E-state index is 5.56. The predicted octanol–water partition coefficient (Wildman–Crippen LogP) is 2.73. The van der Waals surface area contributed by atoms with Gasteiger partial charge in [0, 0.05) is 32.0 Å². The Morgan fingerprint density at radius 1 is 1.29 bits per heavy atom. The molecule has 14 heavy (non-hydrogen) atoms. The van der Waals surface area contributed by atoms with Crippen LogP contribution in [0.15, 0.2) is 24.3 Å². The molecule has 0 heterocycles. The minimum Gasteiger partial charge on any atom is -0.377 e. The Balaban J connectivity index is 2.92. The van der Waals surface area contributed by atoms with Gasteiger partial charge in [-0.2, -0.15) is 0 Å². The third-order valence-electron chi connectivity index (χ3n) is 1.83. The van der Waals surface area contributed by atoms with E-state index in [9.17, 15) is 0 Å². The number of hydrogen-bond donors (Lipinski definition) is 0. The first-order valence-electron chi connectivity index (χ1n) is 4.57. The van der Waals surface area contributed by atoms with Crippen LogP contribution in [-0.4, -0.2) is 20.0 Å². The minimum absolute atomic E-state index is 0.594. The van der Waals surface area contributed by atoms with Crippen molar-refractivity contribution in [2.45, 2.75) is 6.42 Å². The molecule has 0 spiro atoms. The van der Waals surface area contributed by atoms with Crippen LogP contribution in [0.1, 0.15) is 12.0 Å². The van der Waals surface area contributed by atoms with Gasteiger partial charge >= 0.3 is 0 Å². The summed E-state index contributed by atoms with van der Waals surface area (Å²) in [5.41, 5.74) is 2.21. The van der Waals surface area contributed by atoms with E-state index in [4.69, 9.17) is 11.6 Å². The molecule has 1 nitrogen and oxygen atoms in total. The molecular weight excluding hydrogens is 194 g/mol. The normalized spacial score (nSPS) is 9.07. The summed E-state index contributed by atoms with van der Waals surface area (Å²) in [6, 6.07) is 8.10. The van der Waals surface area contributed by atoms with Crippen LogP contribution in [0.4, 0.5) is 5.69 Å². The van der Waals surface area contributed by atoms with Crippen LogP contribution in [-0.2, 0) is 0 Å². The molecule has 0 atom stereocenters. The summed E-state index contributed by atoms with van der Waals surface area (Å²) >= 11 is 5.56. The Kier molecular flexibility index (Phi) is 4.35. The number of rotatable bonds is 2. The number of para-hydroxylation sites is 1. The summed E-state index contributed by atoms with van der Waals surface area (Å²) in [5, 5.41) is 0. The Morgan fingerprint density at radius 3 is 2.64 bits per heavy atom. The highest BCUT2D eigenvalue weighted by atomic mass is 35.5. The van der Waals surface area contributed by atoms with Crippen molar-refractivity contribution in [2.75, 3.05) is 24.9 Å². The molecule has 0 saturated heterocycles. The Bertz CT molecular complexity index is 347. The predicted molar refractivity (Wildman–Crippen MR) is 63.0 cm³/mol. The Hall–Kier alpha value is -1.13. The number of hydrogen-bond acceptors (Lipinski definition) is 1. The van der Waals surface area contributed by atoms with Crippen molar-refractivity contribution < 1.29 is 0 Å². The first-order valence-corrected chi connectivity index (χ1v) is 5.10.